The van der Waals surface area contributed by atoms with Gasteiger partial charge in [-0.3, -0.25) is 9.78 Å². The molecule has 0 saturated heterocycles. The van der Waals surface area contributed by atoms with Crippen LogP contribution in [0.15, 0.2) is 42.6 Å². The van der Waals surface area contributed by atoms with E-state index in [1.54, 1.807) is 7.05 Å². The van der Waals surface area contributed by atoms with E-state index < -0.39 is 0 Å². The number of nitrogens with one attached hydrogen (secondary N) is 2. The van der Waals surface area contributed by atoms with Crippen molar-refractivity contribution >= 4 is 5.91 Å². The number of carbonyl (C=O) groups excluding carboxylic acids is 1. The SMILES string of the molecule is CCCCn1nc(C(=O)NC)nc1Cc1ccc(-c2ccccc2-c2nn[nH]n2)nc1. The average molecular weight is 417 g/mol. The Morgan fingerprint density at radius 2 is 2.00 bits per heavy atom. The van der Waals surface area contributed by atoms with Crippen molar-refractivity contribution in [3.05, 3.63) is 59.8 Å². The van der Waals surface area contributed by atoms with E-state index in [-0.39, 0.29) is 11.7 Å². The minimum atomic E-state index is -0.289. The van der Waals surface area contributed by atoms with Crippen LogP contribution in [0.4, 0.5) is 0 Å². The summed E-state index contributed by atoms with van der Waals surface area (Å²) >= 11 is 0. The molecule has 10 heteroatoms. The quantitative estimate of drug-likeness (QED) is 0.450. The topological polar surface area (TPSA) is 127 Å². The van der Waals surface area contributed by atoms with Gasteiger partial charge in [-0.15, -0.1) is 15.3 Å². The molecule has 0 bridgehead atoms. The molecular formula is C21H23N9O. The van der Waals surface area contributed by atoms with Crippen LogP contribution in [0.2, 0.25) is 0 Å². The molecule has 0 aliphatic rings. The van der Waals surface area contributed by atoms with Crippen LogP contribution in [-0.4, -0.2) is 53.3 Å². The van der Waals surface area contributed by atoms with Crippen LogP contribution in [0.5, 0.6) is 0 Å². The largest absolute Gasteiger partial charge is 0.352 e. The molecule has 1 amide bonds. The van der Waals surface area contributed by atoms with E-state index in [1.807, 2.05) is 47.3 Å². The van der Waals surface area contributed by atoms with Crippen molar-refractivity contribution in [1.29, 1.82) is 0 Å². The van der Waals surface area contributed by atoms with Crippen molar-refractivity contribution in [3.63, 3.8) is 0 Å². The molecule has 0 unspecified atom stereocenters. The minimum Gasteiger partial charge on any atom is -0.352 e. The molecule has 0 fully saturated rings. The van der Waals surface area contributed by atoms with E-state index in [0.717, 1.165) is 47.6 Å². The minimum absolute atomic E-state index is 0.187. The second-order valence-electron chi connectivity index (χ2n) is 7.02. The smallest absolute Gasteiger partial charge is 0.290 e. The number of hydrogen-bond donors (Lipinski definition) is 2. The summed E-state index contributed by atoms with van der Waals surface area (Å²) in [4.78, 5) is 21.0. The van der Waals surface area contributed by atoms with Gasteiger partial charge in [-0.2, -0.15) is 5.21 Å². The van der Waals surface area contributed by atoms with Crippen molar-refractivity contribution in [3.8, 4) is 22.6 Å². The fourth-order valence-electron chi connectivity index (χ4n) is 3.25. The normalized spacial score (nSPS) is 10.9. The van der Waals surface area contributed by atoms with Gasteiger partial charge in [0.15, 0.2) is 0 Å². The summed E-state index contributed by atoms with van der Waals surface area (Å²) in [5.74, 6) is 1.16. The second kappa shape index (κ2) is 9.24. The maximum atomic E-state index is 12.0. The van der Waals surface area contributed by atoms with Crippen LogP contribution in [0.1, 0.15) is 41.8 Å². The first-order valence-electron chi connectivity index (χ1n) is 10.1. The number of aromatic nitrogens is 8. The number of unbranched alkanes of at least 4 members (excludes halogenated alkanes) is 1. The molecule has 3 aromatic heterocycles. The van der Waals surface area contributed by atoms with Crippen molar-refractivity contribution in [2.75, 3.05) is 7.05 Å². The van der Waals surface area contributed by atoms with Crippen LogP contribution in [0, 0.1) is 0 Å². The molecule has 4 rings (SSSR count). The Morgan fingerprint density at radius 1 is 1.16 bits per heavy atom. The summed E-state index contributed by atoms with van der Waals surface area (Å²) in [6.07, 6.45) is 4.35. The molecule has 0 aliphatic heterocycles. The standard InChI is InChI=1S/C21H23N9O/c1-3-4-11-30-18(24-20(27-30)21(31)22-2)12-14-9-10-17(23-13-14)15-7-5-6-8-16(15)19-25-28-29-26-19/h5-10,13H,3-4,11-12H2,1-2H3,(H,22,31)(H,25,26,28,29). The third-order valence-corrected chi connectivity index (χ3v) is 4.88. The number of H-pyrrole nitrogens is 1. The molecule has 3 heterocycles. The lowest BCUT2D eigenvalue weighted by atomic mass is 10.0. The Balaban J connectivity index is 1.59. The van der Waals surface area contributed by atoms with Crippen LogP contribution in [-0.2, 0) is 13.0 Å². The summed E-state index contributed by atoms with van der Waals surface area (Å²) in [5, 5.41) is 21.2. The van der Waals surface area contributed by atoms with Crippen molar-refractivity contribution in [2.45, 2.75) is 32.7 Å². The lowest BCUT2D eigenvalue weighted by Gasteiger charge is -2.08. The molecule has 2 N–H and O–H groups in total. The van der Waals surface area contributed by atoms with Crippen molar-refractivity contribution < 1.29 is 4.79 Å². The van der Waals surface area contributed by atoms with Crippen LogP contribution < -0.4 is 5.32 Å². The van der Waals surface area contributed by atoms with Gasteiger partial charge in [-0.25, -0.2) is 9.67 Å². The van der Waals surface area contributed by atoms with Gasteiger partial charge in [0.1, 0.15) is 5.82 Å². The Bertz CT molecular complexity index is 1150. The lowest BCUT2D eigenvalue weighted by Crippen LogP contribution is -2.19. The molecule has 0 aliphatic carbocycles. The number of benzene rings is 1. The van der Waals surface area contributed by atoms with Gasteiger partial charge in [0.05, 0.1) is 5.69 Å². The Morgan fingerprint density at radius 3 is 2.68 bits per heavy atom. The van der Waals surface area contributed by atoms with Gasteiger partial charge in [0, 0.05) is 37.3 Å². The molecule has 0 saturated carbocycles. The predicted molar refractivity (Wildman–Crippen MR) is 114 cm³/mol. The highest BCUT2D eigenvalue weighted by molar-refractivity contribution is 5.90. The van der Waals surface area contributed by atoms with Crippen molar-refractivity contribution in [2.24, 2.45) is 0 Å². The van der Waals surface area contributed by atoms with Gasteiger partial charge in [-0.05, 0) is 23.3 Å². The van der Waals surface area contributed by atoms with Crippen LogP contribution >= 0.6 is 0 Å². The van der Waals surface area contributed by atoms with Gasteiger partial charge in [0.25, 0.3) is 5.91 Å². The van der Waals surface area contributed by atoms with Crippen LogP contribution in [0.3, 0.4) is 0 Å². The Labute approximate surface area is 179 Å². The van der Waals surface area contributed by atoms with E-state index in [1.165, 1.54) is 0 Å². The molecular weight excluding hydrogens is 394 g/mol. The van der Waals surface area contributed by atoms with Crippen LogP contribution in [0.25, 0.3) is 22.6 Å². The first-order valence-corrected chi connectivity index (χ1v) is 10.1. The molecule has 10 nitrogen and oxygen atoms in total. The summed E-state index contributed by atoms with van der Waals surface area (Å²) in [6.45, 7) is 2.84. The number of amides is 1. The first-order chi connectivity index (χ1) is 15.2. The summed E-state index contributed by atoms with van der Waals surface area (Å²) in [6, 6.07) is 11.8. The van der Waals surface area contributed by atoms with E-state index >= 15 is 0 Å². The van der Waals surface area contributed by atoms with Gasteiger partial charge < -0.3 is 5.32 Å². The molecule has 0 spiro atoms. The van der Waals surface area contributed by atoms with Gasteiger partial charge >= 0.3 is 0 Å². The maximum Gasteiger partial charge on any atom is 0.290 e. The Kier molecular flexibility index (Phi) is 6.06. The first kappa shape index (κ1) is 20.3. The zero-order chi connectivity index (χ0) is 21.6. The number of tetrazole rings is 1. The van der Waals surface area contributed by atoms with E-state index in [0.29, 0.717) is 12.2 Å². The molecule has 158 valence electrons. The highest BCUT2D eigenvalue weighted by Crippen LogP contribution is 2.28. The zero-order valence-corrected chi connectivity index (χ0v) is 17.4. The highest BCUT2D eigenvalue weighted by Gasteiger charge is 2.16. The number of pyridine rings is 1. The lowest BCUT2D eigenvalue weighted by molar-refractivity contribution is 0.0952. The molecule has 31 heavy (non-hydrogen) atoms. The summed E-state index contributed by atoms with van der Waals surface area (Å²) in [5.41, 5.74) is 3.56. The Hall–Kier alpha value is -3.95. The third kappa shape index (κ3) is 4.47. The number of rotatable bonds is 8. The third-order valence-electron chi connectivity index (χ3n) is 4.88. The molecule has 0 atom stereocenters. The van der Waals surface area contributed by atoms with Crippen molar-refractivity contribution in [1.82, 2.24) is 45.7 Å². The number of hydrogen-bond acceptors (Lipinski definition) is 7. The number of nitrogens with zero attached hydrogens (tertiary/aromatic N) is 7. The number of aryl methyl sites for hydroxylation is 1. The average Bonchev–Trinajstić information content (AvgIpc) is 3.48. The van der Waals surface area contributed by atoms with Gasteiger partial charge in [-0.1, -0.05) is 43.7 Å². The fraction of sp³-hybridized carbons (Fsp3) is 0.286. The molecule has 1 aromatic carbocycles. The second-order valence-corrected chi connectivity index (χ2v) is 7.02. The van der Waals surface area contributed by atoms with E-state index in [2.05, 4.69) is 47.9 Å². The summed E-state index contributed by atoms with van der Waals surface area (Å²) < 4.78 is 1.81. The van der Waals surface area contributed by atoms with E-state index in [9.17, 15) is 4.79 Å². The van der Waals surface area contributed by atoms with E-state index in [4.69, 9.17) is 0 Å². The fourth-order valence-corrected chi connectivity index (χ4v) is 3.25. The highest BCUT2D eigenvalue weighted by atomic mass is 16.2. The monoisotopic (exact) mass is 417 g/mol. The number of aromatic amines is 1. The molecule has 4 aromatic rings. The zero-order valence-electron chi connectivity index (χ0n) is 17.4. The maximum absolute atomic E-state index is 12.0. The van der Waals surface area contributed by atoms with Gasteiger partial charge in [0.2, 0.25) is 11.6 Å². The number of carbonyl (C=O) groups is 1. The summed E-state index contributed by atoms with van der Waals surface area (Å²) in [7, 11) is 1.57. The molecule has 0 radical (unpaired) electrons. The predicted octanol–water partition coefficient (Wildman–Crippen LogP) is 2.27.